The fourth-order valence-electron chi connectivity index (χ4n) is 5.03. The van der Waals surface area contributed by atoms with Gasteiger partial charge >= 0.3 is 5.97 Å². The molecule has 2 aromatic rings. The summed E-state index contributed by atoms with van der Waals surface area (Å²) in [6.45, 7) is 4.79. The van der Waals surface area contributed by atoms with Gasteiger partial charge in [-0.1, -0.05) is 39.5 Å². The molecule has 1 heterocycles. The van der Waals surface area contributed by atoms with Gasteiger partial charge in [-0.2, -0.15) is 10.6 Å². The zero-order valence-corrected chi connectivity index (χ0v) is 25.4. The molecule has 0 saturated carbocycles. The van der Waals surface area contributed by atoms with Crippen LogP contribution in [0.15, 0.2) is 63.4 Å². The van der Waals surface area contributed by atoms with Gasteiger partial charge in [0.25, 0.3) is 0 Å². The quantitative estimate of drug-likeness (QED) is 0.130. The molecule has 0 bridgehead atoms. The lowest BCUT2D eigenvalue weighted by molar-refractivity contribution is -0.131. The first kappa shape index (κ1) is 31.3. The molecule has 11 heteroatoms. The smallest absolute Gasteiger partial charge is 0.331 e. The van der Waals surface area contributed by atoms with Crippen molar-refractivity contribution in [3.8, 4) is 5.75 Å². The van der Waals surface area contributed by atoms with Crippen molar-refractivity contribution < 1.29 is 32.2 Å². The van der Waals surface area contributed by atoms with Gasteiger partial charge in [0.2, 0.25) is 0 Å². The maximum Gasteiger partial charge on any atom is 0.331 e. The number of sulfone groups is 1. The number of rotatable bonds is 12. The van der Waals surface area contributed by atoms with Gasteiger partial charge in [-0.15, -0.1) is 11.8 Å². The summed E-state index contributed by atoms with van der Waals surface area (Å²) in [5.41, 5.74) is 0.990. The van der Waals surface area contributed by atoms with Crippen LogP contribution in [0.4, 0.5) is 11.4 Å². The molecule has 0 saturated heterocycles. The first-order chi connectivity index (χ1) is 18.4. The second-order valence-electron chi connectivity index (χ2n) is 10.1. The lowest BCUT2D eigenvalue weighted by Gasteiger charge is -2.42. The first-order valence-electron chi connectivity index (χ1n) is 13.0. The Hall–Kier alpha value is -2.18. The van der Waals surface area contributed by atoms with Crippen LogP contribution in [0.25, 0.3) is 0 Å². The molecule has 3 rings (SSSR count). The van der Waals surface area contributed by atoms with E-state index in [-0.39, 0.29) is 16.1 Å². The Kier molecular flexibility index (Phi) is 10.4. The van der Waals surface area contributed by atoms with Gasteiger partial charge in [-0.25, -0.2) is 13.2 Å². The van der Waals surface area contributed by atoms with Crippen LogP contribution in [-0.4, -0.2) is 53.4 Å². The molecular formula is C28H39NO7S3. The number of carboxylic acid groups (broad SMARTS) is 1. The molecule has 2 aromatic carbocycles. The Balaban J connectivity index is 2.25. The summed E-state index contributed by atoms with van der Waals surface area (Å²) in [7, 11) is -6.65. The summed E-state index contributed by atoms with van der Waals surface area (Å²) in [6.07, 6.45) is 10.5. The summed E-state index contributed by atoms with van der Waals surface area (Å²) >= 11 is 1.40. The second-order valence-corrected chi connectivity index (χ2v) is 15.0. The van der Waals surface area contributed by atoms with Gasteiger partial charge in [0.1, 0.15) is 5.75 Å². The van der Waals surface area contributed by atoms with Gasteiger partial charge in [-0.05, 0) is 49.4 Å². The molecular weight excluding hydrogens is 559 g/mol. The van der Waals surface area contributed by atoms with E-state index >= 15 is 0 Å². The maximum atomic E-state index is 12.1. The van der Waals surface area contributed by atoms with E-state index in [4.69, 9.17) is 9.84 Å². The van der Waals surface area contributed by atoms with E-state index < -0.39 is 26.4 Å². The van der Waals surface area contributed by atoms with E-state index in [1.165, 1.54) is 18.0 Å². The molecule has 1 aliphatic heterocycles. The Labute approximate surface area is 237 Å². The maximum absolute atomic E-state index is 12.1. The van der Waals surface area contributed by atoms with Crippen molar-refractivity contribution in [3.63, 3.8) is 0 Å². The number of hydrogen-bond donors (Lipinski definition) is 3. The summed E-state index contributed by atoms with van der Waals surface area (Å²) in [5, 5.41) is 8.97. The molecule has 0 atom stereocenters. The standard InChI is InChI=1S/C28H39NO7S3/c1-5-7-14-28(15-8-6-2)19-29(21-9-11-22(12-10-21)38(4,32)33)23-17-25(37-3)24(36-16-13-27(30)31)18-26(23)39(34,35)20-28/h9-13,16-18,34-35H,5-8,14-15,19-20H2,1-4H3,(H,30,31)/b16-13+. The van der Waals surface area contributed by atoms with Crippen LogP contribution in [-0.2, 0) is 14.6 Å². The predicted molar refractivity (Wildman–Crippen MR) is 160 cm³/mol. The van der Waals surface area contributed by atoms with Crippen LogP contribution in [0.1, 0.15) is 52.4 Å². The van der Waals surface area contributed by atoms with Crippen molar-refractivity contribution in [2.75, 3.05) is 29.7 Å². The average Bonchev–Trinajstić information content (AvgIpc) is 2.97. The molecule has 0 spiro atoms. The molecule has 1 aliphatic rings. The number of benzene rings is 2. The highest BCUT2D eigenvalue weighted by Gasteiger charge is 2.42. The fraction of sp³-hybridized carbons (Fsp3) is 0.464. The zero-order valence-electron chi connectivity index (χ0n) is 22.9. The Morgan fingerprint density at radius 2 is 1.74 bits per heavy atom. The fourth-order valence-corrected chi connectivity index (χ4v) is 8.38. The van der Waals surface area contributed by atoms with Gasteiger partial charge in [-0.3, -0.25) is 9.11 Å². The third-order valence-corrected chi connectivity index (χ3v) is 10.9. The highest BCUT2D eigenvalue weighted by Crippen LogP contribution is 2.62. The summed E-state index contributed by atoms with van der Waals surface area (Å²) in [6, 6.07) is 10.1. The lowest BCUT2D eigenvalue weighted by atomic mass is 9.79. The van der Waals surface area contributed by atoms with Crippen molar-refractivity contribution in [2.24, 2.45) is 5.41 Å². The van der Waals surface area contributed by atoms with Gasteiger partial charge in [0.15, 0.2) is 9.84 Å². The number of carboxylic acids is 1. The van der Waals surface area contributed by atoms with Crippen LogP contribution < -0.4 is 9.64 Å². The van der Waals surface area contributed by atoms with Crippen LogP contribution in [0, 0.1) is 5.41 Å². The predicted octanol–water partition coefficient (Wildman–Crippen LogP) is 7.42. The molecule has 0 radical (unpaired) electrons. The van der Waals surface area contributed by atoms with Crippen LogP contribution in [0.2, 0.25) is 0 Å². The molecule has 216 valence electrons. The van der Waals surface area contributed by atoms with E-state index in [0.717, 1.165) is 56.6 Å². The molecule has 0 aliphatic carbocycles. The SMILES string of the molecule is CCCCC1(CCCC)CN(c2ccc(S(C)(=O)=O)cc2)c2cc(SC)c(O/C=C/C(=O)O)cc2S(O)(O)C1. The second kappa shape index (κ2) is 13.0. The molecule has 0 fully saturated rings. The molecule has 8 nitrogen and oxygen atoms in total. The Morgan fingerprint density at radius 1 is 1.13 bits per heavy atom. The molecule has 0 unspecified atom stereocenters. The lowest BCUT2D eigenvalue weighted by Crippen LogP contribution is -2.37. The van der Waals surface area contributed by atoms with E-state index in [1.807, 2.05) is 12.3 Å². The van der Waals surface area contributed by atoms with E-state index in [2.05, 4.69) is 18.7 Å². The van der Waals surface area contributed by atoms with Crippen LogP contribution in [0.3, 0.4) is 0 Å². The Bertz CT molecular complexity index is 1280. The van der Waals surface area contributed by atoms with Crippen molar-refractivity contribution in [3.05, 3.63) is 48.7 Å². The van der Waals surface area contributed by atoms with Crippen LogP contribution >= 0.6 is 22.4 Å². The Morgan fingerprint density at radius 3 is 2.26 bits per heavy atom. The minimum absolute atomic E-state index is 0.202. The van der Waals surface area contributed by atoms with Crippen molar-refractivity contribution in [2.45, 2.75) is 67.1 Å². The number of unbranched alkanes of at least 4 members (excludes halogenated alkanes) is 2. The number of hydrogen-bond acceptors (Lipinski definition) is 8. The first-order valence-corrected chi connectivity index (χ1v) is 17.8. The van der Waals surface area contributed by atoms with Gasteiger partial charge in [0.05, 0.1) is 32.7 Å². The zero-order chi connectivity index (χ0) is 28.8. The van der Waals surface area contributed by atoms with Gasteiger partial charge < -0.3 is 14.7 Å². The minimum atomic E-state index is -3.38. The van der Waals surface area contributed by atoms with E-state index in [9.17, 15) is 22.3 Å². The number of aliphatic carboxylic acids is 1. The highest BCUT2D eigenvalue weighted by molar-refractivity contribution is 8.24. The number of ether oxygens (including phenoxy) is 1. The van der Waals surface area contributed by atoms with Crippen molar-refractivity contribution in [1.29, 1.82) is 0 Å². The average molecular weight is 598 g/mol. The molecule has 0 aromatic heterocycles. The number of anilines is 2. The third kappa shape index (κ3) is 7.73. The van der Waals surface area contributed by atoms with Crippen molar-refractivity contribution in [1.82, 2.24) is 0 Å². The third-order valence-electron chi connectivity index (χ3n) is 6.99. The summed E-state index contributed by atoms with van der Waals surface area (Å²) in [4.78, 5) is 14.3. The highest BCUT2D eigenvalue weighted by atomic mass is 32.3. The number of fused-ring (bicyclic) bond motifs is 1. The molecule has 39 heavy (non-hydrogen) atoms. The largest absolute Gasteiger partial charge is 0.478 e. The number of carbonyl (C=O) groups is 1. The molecule has 3 N–H and O–H groups in total. The number of nitrogens with zero attached hydrogens (tertiary/aromatic N) is 1. The normalized spacial score (nSPS) is 17.4. The topological polar surface area (TPSA) is 124 Å². The van der Waals surface area contributed by atoms with Crippen LogP contribution in [0.5, 0.6) is 5.75 Å². The van der Waals surface area contributed by atoms with Gasteiger partial charge in [0, 0.05) is 35.7 Å². The number of thioether (sulfide) groups is 1. The monoisotopic (exact) mass is 597 g/mol. The van der Waals surface area contributed by atoms with E-state index in [1.54, 1.807) is 30.3 Å². The van der Waals surface area contributed by atoms with Crippen molar-refractivity contribution >= 4 is 49.5 Å². The summed E-state index contributed by atoms with van der Waals surface area (Å²) in [5.74, 6) is -0.616. The molecule has 0 amide bonds. The van der Waals surface area contributed by atoms with E-state index in [0.29, 0.717) is 27.8 Å². The minimum Gasteiger partial charge on any atom is -0.478 e. The summed E-state index contributed by atoms with van der Waals surface area (Å²) < 4.78 is 53.3.